The summed E-state index contributed by atoms with van der Waals surface area (Å²) >= 11 is 5.39. The second kappa shape index (κ2) is 4.52. The highest BCUT2D eigenvalue weighted by atomic mass is 79.9. The van der Waals surface area contributed by atoms with Crippen LogP contribution in [0.5, 0.6) is 0 Å². The maximum atomic E-state index is 4.77. The molecular weight excluding hydrogens is 296 g/mol. The molecule has 1 aromatic carbocycles. The van der Waals surface area contributed by atoms with E-state index in [1.807, 2.05) is 18.4 Å². The van der Waals surface area contributed by atoms with E-state index in [9.17, 15) is 0 Å². The molecule has 2 aromatic rings. The van der Waals surface area contributed by atoms with Crippen molar-refractivity contribution in [1.82, 2.24) is 10.3 Å². The molecule has 0 saturated carbocycles. The molecule has 2 nitrogen and oxygen atoms in total. The lowest BCUT2D eigenvalue weighted by molar-refractivity contribution is 0.788. The van der Waals surface area contributed by atoms with Crippen molar-refractivity contribution in [3.63, 3.8) is 0 Å². The predicted molar refractivity (Wildman–Crippen MR) is 75.7 cm³/mol. The topological polar surface area (TPSA) is 24.9 Å². The molecule has 0 unspecified atom stereocenters. The summed E-state index contributed by atoms with van der Waals surface area (Å²) in [5.41, 5.74) is 3.92. The van der Waals surface area contributed by atoms with Crippen LogP contribution in [-0.4, -0.2) is 18.6 Å². The zero-order chi connectivity index (χ0) is 11.8. The van der Waals surface area contributed by atoms with E-state index in [4.69, 9.17) is 4.98 Å². The molecule has 88 valence electrons. The van der Waals surface area contributed by atoms with Gasteiger partial charge in [0, 0.05) is 34.3 Å². The number of rotatable bonds is 3. The van der Waals surface area contributed by atoms with Crippen molar-refractivity contribution in [2.45, 2.75) is 12.8 Å². The lowest BCUT2D eigenvalue weighted by Crippen LogP contribution is -2.09. The molecule has 3 rings (SSSR count). The first-order chi connectivity index (χ1) is 8.28. The first-order valence-corrected chi connectivity index (χ1v) is 7.31. The lowest BCUT2D eigenvalue weighted by atomic mass is 10.1. The van der Waals surface area contributed by atoms with E-state index in [0.717, 1.165) is 23.9 Å². The Kier molecular flexibility index (Phi) is 3.03. The molecule has 0 fully saturated rings. The average Bonchev–Trinajstić information content (AvgIpc) is 2.84. The van der Waals surface area contributed by atoms with E-state index in [0.29, 0.717) is 0 Å². The van der Waals surface area contributed by atoms with Gasteiger partial charge in [-0.05, 0) is 24.7 Å². The Morgan fingerprint density at radius 3 is 3.18 bits per heavy atom. The first-order valence-electron chi connectivity index (χ1n) is 5.70. The Morgan fingerprint density at radius 2 is 2.35 bits per heavy atom. The van der Waals surface area contributed by atoms with Crippen LogP contribution in [0.4, 0.5) is 0 Å². The summed E-state index contributed by atoms with van der Waals surface area (Å²) in [6.07, 6.45) is 2.08. The number of thiazole rings is 1. The average molecular weight is 309 g/mol. The summed E-state index contributed by atoms with van der Waals surface area (Å²) in [6.45, 7) is 0.998. The summed E-state index contributed by atoms with van der Waals surface area (Å²) in [5.74, 6) is 0. The molecule has 0 aliphatic heterocycles. The molecule has 1 aliphatic carbocycles. The fraction of sp³-hybridized carbons (Fsp3) is 0.308. The van der Waals surface area contributed by atoms with Crippen LogP contribution in [-0.2, 0) is 12.8 Å². The van der Waals surface area contributed by atoms with Crippen LogP contribution in [0.2, 0.25) is 0 Å². The van der Waals surface area contributed by atoms with Gasteiger partial charge in [-0.3, -0.25) is 0 Å². The minimum absolute atomic E-state index is 0.998. The van der Waals surface area contributed by atoms with Crippen molar-refractivity contribution in [3.8, 4) is 11.3 Å². The zero-order valence-corrected chi connectivity index (χ0v) is 12.0. The van der Waals surface area contributed by atoms with Crippen LogP contribution in [0, 0.1) is 0 Å². The molecule has 1 N–H and O–H groups in total. The number of nitrogens with one attached hydrogen (secondary N) is 1. The summed E-state index contributed by atoms with van der Waals surface area (Å²) < 4.78 is 1.13. The second-order valence-electron chi connectivity index (χ2n) is 4.21. The monoisotopic (exact) mass is 308 g/mol. The largest absolute Gasteiger partial charge is 0.319 e. The van der Waals surface area contributed by atoms with E-state index < -0.39 is 0 Å². The van der Waals surface area contributed by atoms with Crippen LogP contribution in [0.1, 0.15) is 15.4 Å². The smallest absolute Gasteiger partial charge is 0.0948 e. The molecule has 1 aliphatic rings. The Balaban J connectivity index is 1.97. The van der Waals surface area contributed by atoms with E-state index >= 15 is 0 Å². The Labute approximate surface area is 113 Å². The molecule has 1 aromatic heterocycles. The van der Waals surface area contributed by atoms with Crippen LogP contribution in [0.25, 0.3) is 11.3 Å². The van der Waals surface area contributed by atoms with Gasteiger partial charge in [-0.1, -0.05) is 22.0 Å². The van der Waals surface area contributed by atoms with Gasteiger partial charge in [0.25, 0.3) is 0 Å². The number of halogens is 1. The maximum absolute atomic E-state index is 4.77. The van der Waals surface area contributed by atoms with Gasteiger partial charge in [-0.25, -0.2) is 4.98 Å². The summed E-state index contributed by atoms with van der Waals surface area (Å²) in [4.78, 5) is 6.19. The number of likely N-dealkylation sites (N-methyl/N-ethyl adjacent to an activating group) is 1. The van der Waals surface area contributed by atoms with Gasteiger partial charge in [-0.15, -0.1) is 11.3 Å². The van der Waals surface area contributed by atoms with E-state index in [-0.39, 0.29) is 0 Å². The molecule has 0 bridgehead atoms. The van der Waals surface area contributed by atoms with Gasteiger partial charge >= 0.3 is 0 Å². The molecule has 0 radical (unpaired) electrons. The molecule has 4 heteroatoms. The van der Waals surface area contributed by atoms with Crippen molar-refractivity contribution in [2.24, 2.45) is 0 Å². The van der Waals surface area contributed by atoms with Gasteiger partial charge in [0.15, 0.2) is 0 Å². The SMILES string of the molecule is CNCCc1nc2c(s1)Cc1ccc(Br)cc1-2. The highest BCUT2D eigenvalue weighted by Gasteiger charge is 2.23. The maximum Gasteiger partial charge on any atom is 0.0948 e. The molecule has 0 atom stereocenters. The highest BCUT2D eigenvalue weighted by Crippen LogP contribution is 2.40. The highest BCUT2D eigenvalue weighted by molar-refractivity contribution is 9.10. The van der Waals surface area contributed by atoms with Gasteiger partial charge in [0.1, 0.15) is 0 Å². The predicted octanol–water partition coefficient (Wildman–Crippen LogP) is 3.24. The third kappa shape index (κ3) is 2.05. The zero-order valence-electron chi connectivity index (χ0n) is 9.59. The fourth-order valence-corrected chi connectivity index (χ4v) is 3.63. The third-order valence-electron chi connectivity index (χ3n) is 3.01. The van der Waals surface area contributed by atoms with Crippen LogP contribution >= 0.6 is 27.3 Å². The van der Waals surface area contributed by atoms with Crippen molar-refractivity contribution in [3.05, 3.63) is 38.1 Å². The van der Waals surface area contributed by atoms with Crippen LogP contribution in [0.3, 0.4) is 0 Å². The van der Waals surface area contributed by atoms with E-state index in [1.165, 1.54) is 26.7 Å². The number of nitrogens with zero attached hydrogens (tertiary/aromatic N) is 1. The Bertz CT molecular complexity index is 563. The minimum Gasteiger partial charge on any atom is -0.319 e. The normalized spacial score (nSPS) is 12.6. The van der Waals surface area contributed by atoms with Crippen molar-refractivity contribution >= 4 is 27.3 Å². The first kappa shape index (κ1) is 11.4. The van der Waals surface area contributed by atoms with Crippen molar-refractivity contribution < 1.29 is 0 Å². The summed E-state index contributed by atoms with van der Waals surface area (Å²) in [7, 11) is 1.98. The number of fused-ring (bicyclic) bond motifs is 3. The standard InChI is InChI=1S/C13H13BrN2S/c1-15-5-4-12-16-13-10-7-9(14)3-2-8(10)6-11(13)17-12/h2-3,7,15H,4-6H2,1H3. The van der Waals surface area contributed by atoms with Gasteiger partial charge < -0.3 is 5.32 Å². The van der Waals surface area contributed by atoms with Gasteiger partial charge in [-0.2, -0.15) is 0 Å². The van der Waals surface area contributed by atoms with E-state index in [1.54, 1.807) is 0 Å². The Morgan fingerprint density at radius 1 is 1.47 bits per heavy atom. The van der Waals surface area contributed by atoms with Crippen molar-refractivity contribution in [2.75, 3.05) is 13.6 Å². The van der Waals surface area contributed by atoms with E-state index in [2.05, 4.69) is 39.4 Å². The number of aromatic nitrogens is 1. The Hall–Kier alpha value is -0.710. The van der Waals surface area contributed by atoms with Gasteiger partial charge in [0.05, 0.1) is 10.7 Å². The minimum atomic E-state index is 0.998. The molecule has 1 heterocycles. The number of hydrogen-bond acceptors (Lipinski definition) is 3. The number of hydrogen-bond donors (Lipinski definition) is 1. The third-order valence-corrected chi connectivity index (χ3v) is 4.62. The molecule has 0 amide bonds. The quantitative estimate of drug-likeness (QED) is 0.803. The fourth-order valence-electron chi connectivity index (χ4n) is 2.17. The number of benzene rings is 1. The van der Waals surface area contributed by atoms with Gasteiger partial charge in [0.2, 0.25) is 0 Å². The lowest BCUT2D eigenvalue weighted by Gasteiger charge is -2.00. The molecule has 17 heavy (non-hydrogen) atoms. The summed E-state index contributed by atoms with van der Waals surface area (Å²) in [5, 5.41) is 4.41. The van der Waals surface area contributed by atoms with Crippen molar-refractivity contribution in [1.29, 1.82) is 0 Å². The molecule has 0 saturated heterocycles. The summed E-state index contributed by atoms with van der Waals surface area (Å²) in [6, 6.07) is 6.49. The van der Waals surface area contributed by atoms with Crippen LogP contribution < -0.4 is 5.32 Å². The van der Waals surface area contributed by atoms with Crippen LogP contribution in [0.15, 0.2) is 22.7 Å². The molecular formula is C13H13BrN2S. The second-order valence-corrected chi connectivity index (χ2v) is 6.30. The molecule has 0 spiro atoms.